The van der Waals surface area contributed by atoms with Crippen molar-refractivity contribution in [3.05, 3.63) is 24.3 Å². The fourth-order valence-corrected chi connectivity index (χ4v) is 7.00. The molecular formula is C23H31NO3. The summed E-state index contributed by atoms with van der Waals surface area (Å²) in [4.78, 5) is 12.8. The van der Waals surface area contributed by atoms with Crippen LogP contribution in [0.5, 0.6) is 5.75 Å². The van der Waals surface area contributed by atoms with Gasteiger partial charge in [0.05, 0.1) is 11.7 Å². The standard InChI is InChI=1S/C23H31NO3/c25-21(14-22-10-16-8-17(11-22)13-23(26,12-16)15-22)24-18-4-3-7-20(9-18)27-19-5-1-2-6-19/h3-4,7,9,16-17,19,26H,1-2,5-6,8,10-15H2,(H,24,25). The Hall–Kier alpha value is -1.55. The van der Waals surface area contributed by atoms with E-state index in [4.69, 9.17) is 4.74 Å². The molecule has 146 valence electrons. The van der Waals surface area contributed by atoms with E-state index in [-0.39, 0.29) is 11.3 Å². The predicted octanol–water partition coefficient (Wildman–Crippen LogP) is 4.67. The Balaban J connectivity index is 1.23. The monoisotopic (exact) mass is 369 g/mol. The van der Waals surface area contributed by atoms with Gasteiger partial charge in [0.15, 0.2) is 0 Å². The van der Waals surface area contributed by atoms with Crippen LogP contribution in [0.4, 0.5) is 5.69 Å². The van der Waals surface area contributed by atoms with Crippen LogP contribution >= 0.6 is 0 Å². The zero-order chi connectivity index (χ0) is 18.5. The largest absolute Gasteiger partial charge is 0.490 e. The van der Waals surface area contributed by atoms with E-state index in [1.54, 1.807) is 0 Å². The number of anilines is 1. The van der Waals surface area contributed by atoms with Crippen molar-refractivity contribution in [2.45, 2.75) is 82.3 Å². The molecule has 5 fully saturated rings. The lowest BCUT2D eigenvalue weighted by molar-refractivity contribution is -0.167. The van der Waals surface area contributed by atoms with Crippen LogP contribution in [0.25, 0.3) is 0 Å². The maximum atomic E-state index is 12.8. The molecule has 4 bridgehead atoms. The highest BCUT2D eigenvalue weighted by Crippen LogP contribution is 2.62. The molecule has 5 aliphatic carbocycles. The van der Waals surface area contributed by atoms with Crippen molar-refractivity contribution < 1.29 is 14.6 Å². The zero-order valence-electron chi connectivity index (χ0n) is 16.1. The first-order valence-electron chi connectivity index (χ1n) is 10.8. The summed E-state index contributed by atoms with van der Waals surface area (Å²) >= 11 is 0. The maximum absolute atomic E-state index is 12.8. The van der Waals surface area contributed by atoms with E-state index >= 15 is 0 Å². The molecule has 2 unspecified atom stereocenters. The van der Waals surface area contributed by atoms with Crippen molar-refractivity contribution >= 4 is 11.6 Å². The minimum absolute atomic E-state index is 0.0148. The molecule has 1 amide bonds. The Morgan fingerprint density at radius 1 is 1.15 bits per heavy atom. The Morgan fingerprint density at radius 2 is 1.89 bits per heavy atom. The second-order valence-electron chi connectivity index (χ2n) is 9.96. The van der Waals surface area contributed by atoms with Gasteiger partial charge >= 0.3 is 0 Å². The summed E-state index contributed by atoms with van der Waals surface area (Å²) in [6, 6.07) is 7.81. The minimum Gasteiger partial charge on any atom is -0.490 e. The molecule has 0 radical (unpaired) electrons. The first kappa shape index (κ1) is 17.5. The Labute approximate surface area is 161 Å². The number of rotatable bonds is 5. The number of nitrogens with one attached hydrogen (secondary N) is 1. The number of hydrogen-bond acceptors (Lipinski definition) is 3. The predicted molar refractivity (Wildman–Crippen MR) is 105 cm³/mol. The highest BCUT2D eigenvalue weighted by molar-refractivity contribution is 5.91. The van der Waals surface area contributed by atoms with Crippen molar-refractivity contribution in [2.24, 2.45) is 17.3 Å². The van der Waals surface area contributed by atoms with Crippen LogP contribution in [-0.4, -0.2) is 22.7 Å². The van der Waals surface area contributed by atoms with E-state index < -0.39 is 5.60 Å². The molecule has 5 aliphatic rings. The summed E-state index contributed by atoms with van der Waals surface area (Å²) in [6.07, 6.45) is 11.8. The lowest BCUT2D eigenvalue weighted by Gasteiger charge is -2.60. The number of hydrogen-bond donors (Lipinski definition) is 2. The van der Waals surface area contributed by atoms with Crippen molar-refractivity contribution in [3.8, 4) is 5.75 Å². The van der Waals surface area contributed by atoms with Gasteiger partial charge in [-0.25, -0.2) is 0 Å². The summed E-state index contributed by atoms with van der Waals surface area (Å²) in [5.41, 5.74) is 0.333. The molecule has 1 aromatic rings. The van der Waals surface area contributed by atoms with Crippen LogP contribution in [0.3, 0.4) is 0 Å². The quantitative estimate of drug-likeness (QED) is 0.793. The topological polar surface area (TPSA) is 58.6 Å². The van der Waals surface area contributed by atoms with Crippen LogP contribution in [0.15, 0.2) is 24.3 Å². The molecule has 2 atom stereocenters. The van der Waals surface area contributed by atoms with Crippen molar-refractivity contribution in [1.29, 1.82) is 0 Å². The third kappa shape index (κ3) is 3.61. The summed E-state index contributed by atoms with van der Waals surface area (Å²) in [7, 11) is 0. The molecular weight excluding hydrogens is 338 g/mol. The maximum Gasteiger partial charge on any atom is 0.224 e. The fourth-order valence-electron chi connectivity index (χ4n) is 7.00. The third-order valence-corrected chi connectivity index (χ3v) is 7.41. The summed E-state index contributed by atoms with van der Waals surface area (Å²) in [5.74, 6) is 2.17. The zero-order valence-corrected chi connectivity index (χ0v) is 16.1. The number of amides is 1. The van der Waals surface area contributed by atoms with Crippen molar-refractivity contribution in [2.75, 3.05) is 5.32 Å². The van der Waals surface area contributed by atoms with Crippen LogP contribution in [0, 0.1) is 17.3 Å². The molecule has 4 heteroatoms. The lowest BCUT2D eigenvalue weighted by atomic mass is 9.47. The summed E-state index contributed by atoms with van der Waals surface area (Å²) in [6.45, 7) is 0. The molecule has 2 N–H and O–H groups in total. The van der Waals surface area contributed by atoms with Gasteiger partial charge in [-0.1, -0.05) is 6.07 Å². The average Bonchev–Trinajstić information content (AvgIpc) is 3.05. The summed E-state index contributed by atoms with van der Waals surface area (Å²) in [5, 5.41) is 14.0. The van der Waals surface area contributed by atoms with Gasteiger partial charge in [0.1, 0.15) is 5.75 Å². The van der Waals surface area contributed by atoms with E-state index in [0.717, 1.165) is 56.4 Å². The van der Waals surface area contributed by atoms with E-state index in [1.807, 2.05) is 24.3 Å². The SMILES string of the molecule is O=C(CC12CC3CC(CC(O)(C3)C1)C2)Nc1cccc(OC2CCCC2)c1. The van der Waals surface area contributed by atoms with Gasteiger partial charge in [0.25, 0.3) is 0 Å². The van der Waals surface area contributed by atoms with E-state index in [1.165, 1.54) is 19.3 Å². The normalized spacial score (nSPS) is 37.5. The number of aliphatic hydroxyl groups is 1. The van der Waals surface area contributed by atoms with Crippen LogP contribution in [0.1, 0.15) is 70.6 Å². The number of carbonyl (C=O) groups is 1. The first-order chi connectivity index (χ1) is 13.0. The van der Waals surface area contributed by atoms with E-state index in [0.29, 0.717) is 24.4 Å². The van der Waals surface area contributed by atoms with Gasteiger partial charge < -0.3 is 15.2 Å². The van der Waals surface area contributed by atoms with Crippen LogP contribution in [-0.2, 0) is 4.79 Å². The molecule has 5 saturated carbocycles. The van der Waals surface area contributed by atoms with Gasteiger partial charge in [0.2, 0.25) is 5.91 Å². The van der Waals surface area contributed by atoms with Crippen molar-refractivity contribution in [3.63, 3.8) is 0 Å². The molecule has 6 rings (SSSR count). The van der Waals surface area contributed by atoms with Crippen molar-refractivity contribution in [1.82, 2.24) is 0 Å². The van der Waals surface area contributed by atoms with E-state index in [9.17, 15) is 9.90 Å². The number of benzene rings is 1. The van der Waals surface area contributed by atoms with Gasteiger partial charge in [-0.05, 0) is 93.6 Å². The fraction of sp³-hybridized carbons (Fsp3) is 0.696. The second-order valence-corrected chi connectivity index (χ2v) is 9.96. The Morgan fingerprint density at radius 3 is 2.59 bits per heavy atom. The summed E-state index contributed by atoms with van der Waals surface area (Å²) < 4.78 is 6.06. The molecule has 0 spiro atoms. The molecule has 0 heterocycles. The third-order valence-electron chi connectivity index (χ3n) is 7.41. The first-order valence-corrected chi connectivity index (χ1v) is 10.8. The molecule has 4 nitrogen and oxygen atoms in total. The number of carbonyl (C=O) groups excluding carboxylic acids is 1. The Bertz CT molecular complexity index is 710. The van der Waals surface area contributed by atoms with Gasteiger partial charge in [-0.2, -0.15) is 0 Å². The smallest absolute Gasteiger partial charge is 0.224 e. The average molecular weight is 370 g/mol. The van der Waals surface area contributed by atoms with E-state index in [2.05, 4.69) is 5.32 Å². The Kier molecular flexibility index (Phi) is 4.23. The number of ether oxygens (including phenoxy) is 1. The molecule has 0 aliphatic heterocycles. The van der Waals surface area contributed by atoms with Gasteiger partial charge in [0, 0.05) is 18.2 Å². The van der Waals surface area contributed by atoms with Crippen LogP contribution in [0.2, 0.25) is 0 Å². The van der Waals surface area contributed by atoms with Gasteiger partial charge in [-0.15, -0.1) is 0 Å². The molecule has 1 aromatic carbocycles. The highest BCUT2D eigenvalue weighted by atomic mass is 16.5. The molecule has 0 saturated heterocycles. The molecule has 27 heavy (non-hydrogen) atoms. The molecule has 0 aromatic heterocycles. The van der Waals surface area contributed by atoms with Crippen LogP contribution < -0.4 is 10.1 Å². The highest BCUT2D eigenvalue weighted by Gasteiger charge is 2.57. The van der Waals surface area contributed by atoms with Gasteiger partial charge in [-0.3, -0.25) is 4.79 Å². The minimum atomic E-state index is -0.501. The second kappa shape index (κ2) is 6.51. The lowest BCUT2D eigenvalue weighted by Crippen LogP contribution is -2.56.